The fourth-order valence-electron chi connectivity index (χ4n) is 7.96. The van der Waals surface area contributed by atoms with Crippen LogP contribution < -0.4 is 35.7 Å². The summed E-state index contributed by atoms with van der Waals surface area (Å²) in [5, 5.41) is 9.46. The standard InChI is InChI=1S/C45H55N7O11S/c1-46-42(56)33(10-8-17-53)52-44(58)29-9-7-11-34(39(29)45(52)59)63-20-19-62-18-14-47-37(54)26-50(3)24-32-35(60-5)21-28(22-36(32)61-6)31-25-51(4)43(57)30-23-38(64-40(30)31)48-41(55)27-12-15-49(2)16-13-27/h7,9,11,17,21-23,25,27,33H,8,10,12-16,18-20,24,26H2,1-6H3,(H,46,56)(H,47,54)(H,48,55). The molecule has 0 spiro atoms. The molecule has 2 aromatic heterocycles. The van der Waals surface area contributed by atoms with Gasteiger partial charge in [-0.25, -0.2) is 0 Å². The average molecular weight is 902 g/mol. The van der Waals surface area contributed by atoms with E-state index in [4.69, 9.17) is 18.9 Å². The Kier molecular flexibility index (Phi) is 15.9. The van der Waals surface area contributed by atoms with Crippen LogP contribution in [0.5, 0.6) is 17.2 Å². The number of carbonyl (C=O) groups is 6. The first-order chi connectivity index (χ1) is 30.8. The van der Waals surface area contributed by atoms with Crippen LogP contribution in [-0.2, 0) is 37.5 Å². The molecule has 64 heavy (non-hydrogen) atoms. The van der Waals surface area contributed by atoms with Crippen LogP contribution in [0.25, 0.3) is 21.2 Å². The third kappa shape index (κ3) is 10.6. The van der Waals surface area contributed by atoms with Gasteiger partial charge in [-0.05, 0) is 82.3 Å². The normalized spacial score (nSPS) is 14.7. The van der Waals surface area contributed by atoms with E-state index in [1.807, 2.05) is 24.1 Å². The zero-order valence-corrected chi connectivity index (χ0v) is 37.8. The highest BCUT2D eigenvalue weighted by Gasteiger charge is 2.44. The van der Waals surface area contributed by atoms with Crippen molar-refractivity contribution in [3.63, 3.8) is 0 Å². The molecular formula is C45H55N7O11S. The molecule has 1 atom stereocenters. The van der Waals surface area contributed by atoms with Gasteiger partial charge in [-0.3, -0.25) is 38.6 Å². The van der Waals surface area contributed by atoms with E-state index in [0.29, 0.717) is 34.7 Å². The highest BCUT2D eigenvalue weighted by atomic mass is 32.1. The lowest BCUT2D eigenvalue weighted by Crippen LogP contribution is -2.48. The van der Waals surface area contributed by atoms with Crippen LogP contribution in [0.1, 0.15) is 52.0 Å². The Hall–Kier alpha value is -6.15. The number of piperidine rings is 1. The van der Waals surface area contributed by atoms with Crippen molar-refractivity contribution in [1.82, 2.24) is 29.9 Å². The smallest absolute Gasteiger partial charge is 0.266 e. The first-order valence-electron chi connectivity index (χ1n) is 21.0. The Balaban J connectivity index is 1.01. The number of aryl methyl sites for hydroxylation is 1. The molecule has 5 amide bonds. The van der Waals surface area contributed by atoms with Crippen LogP contribution >= 0.6 is 11.3 Å². The van der Waals surface area contributed by atoms with Crippen molar-refractivity contribution in [1.29, 1.82) is 0 Å². The van der Waals surface area contributed by atoms with Gasteiger partial charge in [-0.15, -0.1) is 11.3 Å². The molecule has 4 heterocycles. The molecule has 1 unspecified atom stereocenters. The highest BCUT2D eigenvalue weighted by molar-refractivity contribution is 7.23. The zero-order valence-electron chi connectivity index (χ0n) is 36.9. The number of likely N-dealkylation sites (N-methyl/N-ethyl adjacent to an activating group) is 2. The number of hydrogen-bond donors (Lipinski definition) is 3. The number of fused-ring (bicyclic) bond motifs is 2. The second-order valence-corrected chi connectivity index (χ2v) is 16.8. The number of rotatable bonds is 21. The van der Waals surface area contributed by atoms with Crippen molar-refractivity contribution < 1.29 is 47.7 Å². The molecule has 2 aromatic carbocycles. The average Bonchev–Trinajstić information content (AvgIpc) is 3.82. The van der Waals surface area contributed by atoms with Gasteiger partial charge in [0.05, 0.1) is 65.8 Å². The maximum atomic E-state index is 13.4. The Labute approximate surface area is 374 Å². The van der Waals surface area contributed by atoms with E-state index < -0.39 is 23.8 Å². The lowest BCUT2D eigenvalue weighted by Gasteiger charge is -2.27. The molecule has 1 fully saturated rings. The van der Waals surface area contributed by atoms with Crippen molar-refractivity contribution in [2.45, 2.75) is 38.3 Å². The SMILES string of the molecule is CNC(=O)C(CCC=O)N1C(=O)c2cccc(OCCOCCNC(=O)CN(C)Cc3c(OC)cc(-c4cn(C)c(=O)c5cc(NC(=O)C6CCN(C)CC6)sc45)cc3OC)c2C1=O. The largest absolute Gasteiger partial charge is 0.496 e. The molecule has 3 N–H and O–H groups in total. The number of likely N-dealkylation sites (tertiary alicyclic amines) is 1. The Morgan fingerprint density at radius 3 is 2.34 bits per heavy atom. The monoisotopic (exact) mass is 901 g/mol. The van der Waals surface area contributed by atoms with Gasteiger partial charge in [-0.2, -0.15) is 0 Å². The minimum atomic E-state index is -1.14. The minimum absolute atomic E-state index is 0.00541. The first-order valence-corrected chi connectivity index (χ1v) is 21.8. The van der Waals surface area contributed by atoms with E-state index in [0.717, 1.165) is 52.2 Å². The summed E-state index contributed by atoms with van der Waals surface area (Å²) in [5.74, 6) is -1.01. The molecule has 0 bridgehead atoms. The predicted molar refractivity (Wildman–Crippen MR) is 240 cm³/mol. The molecular weight excluding hydrogens is 847 g/mol. The number of carbonyl (C=O) groups excluding carboxylic acids is 6. The summed E-state index contributed by atoms with van der Waals surface area (Å²) < 4.78 is 25.4. The third-order valence-corrected chi connectivity index (χ3v) is 12.4. The van der Waals surface area contributed by atoms with Crippen molar-refractivity contribution in [3.05, 3.63) is 69.6 Å². The summed E-state index contributed by atoms with van der Waals surface area (Å²) in [6.45, 7) is 2.65. The van der Waals surface area contributed by atoms with Crippen molar-refractivity contribution in [2.75, 3.05) is 86.7 Å². The number of nitrogens with zero attached hydrogens (tertiary/aromatic N) is 4. The molecule has 19 heteroatoms. The number of anilines is 1. The number of ether oxygens (including phenoxy) is 4. The highest BCUT2D eigenvalue weighted by Crippen LogP contribution is 2.41. The van der Waals surface area contributed by atoms with Crippen LogP contribution in [0, 0.1) is 5.92 Å². The number of pyridine rings is 1. The van der Waals surface area contributed by atoms with Gasteiger partial charge in [0.15, 0.2) is 0 Å². The van der Waals surface area contributed by atoms with E-state index in [9.17, 15) is 33.6 Å². The molecule has 0 radical (unpaired) electrons. The lowest BCUT2D eigenvalue weighted by atomic mass is 9.96. The number of aromatic nitrogens is 1. The number of methoxy groups -OCH3 is 2. The van der Waals surface area contributed by atoms with Gasteiger partial charge in [0.25, 0.3) is 17.4 Å². The molecule has 0 aliphatic carbocycles. The number of amides is 5. The molecule has 6 rings (SSSR count). The van der Waals surface area contributed by atoms with Crippen molar-refractivity contribution in [2.24, 2.45) is 13.0 Å². The van der Waals surface area contributed by atoms with Gasteiger partial charge in [-0.1, -0.05) is 6.07 Å². The van der Waals surface area contributed by atoms with Gasteiger partial charge < -0.3 is 49.2 Å². The van der Waals surface area contributed by atoms with Gasteiger partial charge in [0.2, 0.25) is 17.7 Å². The van der Waals surface area contributed by atoms with Crippen LogP contribution in [-0.4, -0.2) is 142 Å². The summed E-state index contributed by atoms with van der Waals surface area (Å²) in [5.41, 5.74) is 2.21. The lowest BCUT2D eigenvalue weighted by molar-refractivity contribution is -0.125. The molecule has 2 aliphatic heterocycles. The summed E-state index contributed by atoms with van der Waals surface area (Å²) in [6, 6.07) is 8.96. The predicted octanol–water partition coefficient (Wildman–Crippen LogP) is 2.90. The first kappa shape index (κ1) is 47.3. The number of aldehydes is 1. The fraction of sp³-hybridized carbons (Fsp3) is 0.444. The summed E-state index contributed by atoms with van der Waals surface area (Å²) in [6.07, 6.45) is 3.95. The molecule has 2 aliphatic rings. The second kappa shape index (κ2) is 21.5. The molecule has 342 valence electrons. The number of nitrogens with one attached hydrogen (secondary N) is 3. The van der Waals surface area contributed by atoms with E-state index in [2.05, 4.69) is 20.9 Å². The second-order valence-electron chi connectivity index (χ2n) is 15.8. The van der Waals surface area contributed by atoms with Gasteiger partial charge in [0, 0.05) is 51.3 Å². The van der Waals surface area contributed by atoms with Gasteiger partial charge in [0.1, 0.15) is 36.2 Å². The number of imide groups is 1. The Morgan fingerprint density at radius 1 is 0.953 bits per heavy atom. The minimum Gasteiger partial charge on any atom is -0.496 e. The molecule has 1 saturated heterocycles. The maximum Gasteiger partial charge on any atom is 0.266 e. The maximum absolute atomic E-state index is 13.4. The molecule has 4 aromatic rings. The summed E-state index contributed by atoms with van der Waals surface area (Å²) >= 11 is 1.36. The van der Waals surface area contributed by atoms with Crippen molar-refractivity contribution >= 4 is 62.2 Å². The summed E-state index contributed by atoms with van der Waals surface area (Å²) in [4.78, 5) is 94.3. The Morgan fingerprint density at radius 2 is 1.67 bits per heavy atom. The Bertz CT molecular complexity index is 2440. The molecule has 18 nitrogen and oxygen atoms in total. The van der Waals surface area contributed by atoms with Crippen molar-refractivity contribution in [3.8, 4) is 28.4 Å². The summed E-state index contributed by atoms with van der Waals surface area (Å²) in [7, 11) is 10.0. The van der Waals surface area contributed by atoms with E-state index in [1.54, 1.807) is 52.7 Å². The number of hydrogen-bond acceptors (Lipinski definition) is 14. The zero-order chi connectivity index (χ0) is 46.1. The van der Waals surface area contributed by atoms with Crippen LogP contribution in [0.3, 0.4) is 0 Å². The van der Waals surface area contributed by atoms with Crippen LogP contribution in [0.15, 0.2) is 47.4 Å². The van der Waals surface area contributed by atoms with E-state index in [1.165, 1.54) is 29.0 Å². The van der Waals surface area contributed by atoms with Crippen LogP contribution in [0.4, 0.5) is 5.00 Å². The third-order valence-electron chi connectivity index (χ3n) is 11.3. The molecule has 0 saturated carbocycles. The van der Waals surface area contributed by atoms with E-state index in [-0.39, 0.29) is 85.9 Å². The van der Waals surface area contributed by atoms with Crippen LogP contribution in [0.2, 0.25) is 0 Å². The number of thiophene rings is 1. The quantitative estimate of drug-likeness (QED) is 0.0626. The topological polar surface area (TPSA) is 207 Å². The fourth-order valence-corrected chi connectivity index (χ4v) is 9.04. The van der Waals surface area contributed by atoms with Gasteiger partial charge >= 0.3 is 0 Å². The van der Waals surface area contributed by atoms with E-state index >= 15 is 0 Å². The number of benzene rings is 2.